The van der Waals surface area contributed by atoms with Gasteiger partial charge in [-0.15, -0.1) is 0 Å². The molecular weight excluding hydrogens is 226 g/mol. The van der Waals surface area contributed by atoms with Crippen molar-refractivity contribution in [1.29, 1.82) is 0 Å². The molecule has 18 heavy (non-hydrogen) atoms. The van der Waals surface area contributed by atoms with E-state index < -0.39 is 0 Å². The van der Waals surface area contributed by atoms with Gasteiger partial charge >= 0.3 is 5.97 Å². The molecule has 3 heteroatoms. The highest BCUT2D eigenvalue weighted by Crippen LogP contribution is 2.14. The van der Waals surface area contributed by atoms with Gasteiger partial charge in [-0.1, -0.05) is 35.9 Å². The predicted molar refractivity (Wildman–Crippen MR) is 71.2 cm³/mol. The summed E-state index contributed by atoms with van der Waals surface area (Å²) in [6.07, 6.45) is 2.90. The second-order valence-corrected chi connectivity index (χ2v) is 4.71. The number of hydrogen-bond acceptors (Lipinski definition) is 3. The Morgan fingerprint density at radius 2 is 2.06 bits per heavy atom. The fourth-order valence-electron chi connectivity index (χ4n) is 2.17. The number of rotatable bonds is 3. The Kier molecular flexibility index (Phi) is 4.15. The van der Waals surface area contributed by atoms with Gasteiger partial charge in [0.15, 0.2) is 0 Å². The maximum Gasteiger partial charge on any atom is 0.334 e. The molecule has 96 valence electrons. The maximum absolute atomic E-state index is 11.5. The van der Waals surface area contributed by atoms with E-state index in [0.29, 0.717) is 6.54 Å². The van der Waals surface area contributed by atoms with E-state index in [4.69, 9.17) is 4.74 Å². The molecule has 1 aromatic carbocycles. The monoisotopic (exact) mass is 245 g/mol. The molecule has 0 spiro atoms. The molecule has 1 heterocycles. The lowest BCUT2D eigenvalue weighted by molar-refractivity contribution is -0.136. The molecule has 0 atom stereocenters. The van der Waals surface area contributed by atoms with E-state index >= 15 is 0 Å². The summed E-state index contributed by atoms with van der Waals surface area (Å²) in [5, 5.41) is 0. The van der Waals surface area contributed by atoms with Crippen LogP contribution in [-0.4, -0.2) is 31.1 Å². The minimum atomic E-state index is -0.205. The molecule has 0 fully saturated rings. The van der Waals surface area contributed by atoms with Gasteiger partial charge in [0.25, 0.3) is 0 Å². The summed E-state index contributed by atoms with van der Waals surface area (Å²) in [4.78, 5) is 13.8. The Hall–Kier alpha value is -1.61. The number of nitrogens with zero attached hydrogens (tertiary/aromatic N) is 1. The topological polar surface area (TPSA) is 29.5 Å². The number of hydrogen-bond donors (Lipinski definition) is 0. The summed E-state index contributed by atoms with van der Waals surface area (Å²) in [5.41, 5.74) is 3.33. The molecule has 0 bridgehead atoms. The lowest BCUT2D eigenvalue weighted by Gasteiger charge is -2.26. The van der Waals surface area contributed by atoms with Crippen molar-refractivity contribution in [3.63, 3.8) is 0 Å². The number of carbonyl (C=O) groups is 1. The van der Waals surface area contributed by atoms with Crippen molar-refractivity contribution >= 4 is 5.97 Å². The largest absolute Gasteiger partial charge is 0.466 e. The standard InChI is InChI=1S/C15H19NO2/c1-12-5-7-13(8-6-12)10-16-9-3-4-14(11-16)15(17)18-2/h4-8H,3,9-11H2,1-2H3. The SMILES string of the molecule is COC(=O)C1=CCCN(Cc2ccc(C)cc2)C1. The van der Waals surface area contributed by atoms with Crippen LogP contribution in [0.25, 0.3) is 0 Å². The van der Waals surface area contributed by atoms with Gasteiger partial charge < -0.3 is 4.74 Å². The molecule has 1 aliphatic heterocycles. The molecule has 0 saturated heterocycles. The van der Waals surface area contributed by atoms with E-state index in [9.17, 15) is 4.79 Å². The molecule has 1 aromatic rings. The van der Waals surface area contributed by atoms with Gasteiger partial charge in [-0.05, 0) is 18.9 Å². The number of ether oxygens (including phenoxy) is 1. The highest BCUT2D eigenvalue weighted by molar-refractivity contribution is 5.88. The summed E-state index contributed by atoms with van der Waals surface area (Å²) in [5.74, 6) is -0.205. The minimum Gasteiger partial charge on any atom is -0.466 e. The number of methoxy groups -OCH3 is 1. The van der Waals surface area contributed by atoms with Crippen molar-refractivity contribution in [3.05, 3.63) is 47.0 Å². The Morgan fingerprint density at radius 1 is 1.33 bits per heavy atom. The van der Waals surface area contributed by atoms with Gasteiger partial charge in [0.2, 0.25) is 0 Å². The highest BCUT2D eigenvalue weighted by Gasteiger charge is 2.18. The zero-order valence-corrected chi connectivity index (χ0v) is 11.0. The molecular formula is C15H19NO2. The van der Waals surface area contributed by atoms with E-state index in [2.05, 4.69) is 36.1 Å². The van der Waals surface area contributed by atoms with Crippen LogP contribution in [0.3, 0.4) is 0 Å². The maximum atomic E-state index is 11.5. The van der Waals surface area contributed by atoms with E-state index in [0.717, 1.165) is 25.1 Å². The van der Waals surface area contributed by atoms with Gasteiger partial charge in [-0.3, -0.25) is 4.90 Å². The fourth-order valence-corrected chi connectivity index (χ4v) is 2.17. The van der Waals surface area contributed by atoms with Crippen LogP contribution in [0.5, 0.6) is 0 Å². The minimum absolute atomic E-state index is 0.205. The smallest absolute Gasteiger partial charge is 0.334 e. The lowest BCUT2D eigenvalue weighted by Crippen LogP contribution is -2.32. The molecule has 0 aliphatic carbocycles. The van der Waals surface area contributed by atoms with Crippen LogP contribution in [0.15, 0.2) is 35.9 Å². The number of carbonyl (C=O) groups excluding carboxylic acids is 1. The fraction of sp³-hybridized carbons (Fsp3) is 0.400. The van der Waals surface area contributed by atoms with Crippen LogP contribution in [0.1, 0.15) is 17.5 Å². The van der Waals surface area contributed by atoms with Crippen LogP contribution in [-0.2, 0) is 16.1 Å². The molecule has 2 rings (SSSR count). The molecule has 0 amide bonds. The van der Waals surface area contributed by atoms with Gasteiger partial charge in [-0.2, -0.15) is 0 Å². The van der Waals surface area contributed by atoms with Crippen LogP contribution in [0.2, 0.25) is 0 Å². The van der Waals surface area contributed by atoms with Crippen molar-refractivity contribution in [1.82, 2.24) is 4.90 Å². The van der Waals surface area contributed by atoms with E-state index in [-0.39, 0.29) is 5.97 Å². The van der Waals surface area contributed by atoms with E-state index in [1.54, 1.807) is 0 Å². The third-order valence-corrected chi connectivity index (χ3v) is 3.20. The van der Waals surface area contributed by atoms with Gasteiger partial charge in [0, 0.05) is 25.2 Å². The number of aryl methyl sites for hydroxylation is 1. The van der Waals surface area contributed by atoms with Crippen molar-refractivity contribution in [2.45, 2.75) is 19.9 Å². The van der Waals surface area contributed by atoms with Crippen molar-refractivity contribution in [3.8, 4) is 0 Å². The highest BCUT2D eigenvalue weighted by atomic mass is 16.5. The van der Waals surface area contributed by atoms with Crippen LogP contribution < -0.4 is 0 Å². The zero-order valence-electron chi connectivity index (χ0n) is 11.0. The average molecular weight is 245 g/mol. The summed E-state index contributed by atoms with van der Waals surface area (Å²) >= 11 is 0. The van der Waals surface area contributed by atoms with Gasteiger partial charge in [0.05, 0.1) is 7.11 Å². The summed E-state index contributed by atoms with van der Waals surface area (Å²) in [6, 6.07) is 8.53. The third-order valence-electron chi connectivity index (χ3n) is 3.20. The van der Waals surface area contributed by atoms with E-state index in [1.165, 1.54) is 18.2 Å². The van der Waals surface area contributed by atoms with Crippen LogP contribution in [0, 0.1) is 6.92 Å². The Balaban J connectivity index is 1.97. The van der Waals surface area contributed by atoms with E-state index in [1.807, 2.05) is 6.08 Å². The third kappa shape index (κ3) is 3.20. The number of esters is 1. The van der Waals surface area contributed by atoms with Crippen molar-refractivity contribution < 1.29 is 9.53 Å². The first-order valence-electron chi connectivity index (χ1n) is 6.24. The summed E-state index contributed by atoms with van der Waals surface area (Å²) in [6.45, 7) is 4.65. The first-order valence-corrected chi connectivity index (χ1v) is 6.24. The van der Waals surface area contributed by atoms with Gasteiger partial charge in [-0.25, -0.2) is 4.79 Å². The molecule has 0 saturated carbocycles. The quantitative estimate of drug-likeness (QED) is 0.765. The average Bonchev–Trinajstić information content (AvgIpc) is 2.41. The summed E-state index contributed by atoms with van der Waals surface area (Å²) < 4.78 is 4.77. The first-order chi connectivity index (χ1) is 8.69. The van der Waals surface area contributed by atoms with Crippen LogP contribution in [0.4, 0.5) is 0 Å². The predicted octanol–water partition coefficient (Wildman–Crippen LogP) is 2.30. The second-order valence-electron chi connectivity index (χ2n) is 4.71. The Labute approximate surface area is 108 Å². The van der Waals surface area contributed by atoms with Crippen molar-refractivity contribution in [2.75, 3.05) is 20.2 Å². The Bertz CT molecular complexity index is 448. The molecule has 1 aliphatic rings. The molecule has 0 radical (unpaired) electrons. The first kappa shape index (κ1) is 12.8. The van der Waals surface area contributed by atoms with Crippen molar-refractivity contribution in [2.24, 2.45) is 0 Å². The lowest BCUT2D eigenvalue weighted by atomic mass is 10.1. The zero-order chi connectivity index (χ0) is 13.0. The van der Waals surface area contributed by atoms with Gasteiger partial charge in [0.1, 0.15) is 0 Å². The molecule has 0 unspecified atom stereocenters. The molecule has 3 nitrogen and oxygen atoms in total. The molecule has 0 aromatic heterocycles. The molecule has 0 N–H and O–H groups in total. The Morgan fingerprint density at radius 3 is 2.72 bits per heavy atom. The normalized spacial score (nSPS) is 16.2. The summed E-state index contributed by atoms with van der Waals surface area (Å²) in [7, 11) is 1.43. The number of benzene rings is 1. The second kappa shape index (κ2) is 5.83. The van der Waals surface area contributed by atoms with Crippen LogP contribution >= 0.6 is 0 Å².